The predicted molar refractivity (Wildman–Crippen MR) is 89.4 cm³/mol. The van der Waals surface area contributed by atoms with Crippen LogP contribution in [0.1, 0.15) is 48.9 Å². The Morgan fingerprint density at radius 3 is 2.83 bits per heavy atom. The molecule has 5 heteroatoms. The number of aromatic nitrogens is 2. The summed E-state index contributed by atoms with van der Waals surface area (Å²) in [4.78, 5) is 19.1. The SMILES string of the molecule is O=C(Cc1ccccc1)N1CCCC(c2nc(CC3CC3)no2)C1. The van der Waals surface area contributed by atoms with Gasteiger partial charge in [-0.3, -0.25) is 4.79 Å². The first kappa shape index (κ1) is 15.4. The van der Waals surface area contributed by atoms with Crippen LogP contribution in [0.15, 0.2) is 34.9 Å². The Kier molecular flexibility index (Phi) is 4.32. The molecule has 2 aliphatic rings. The Morgan fingerprint density at radius 2 is 2.04 bits per heavy atom. The van der Waals surface area contributed by atoms with Crippen molar-refractivity contribution in [1.82, 2.24) is 15.0 Å². The Labute approximate surface area is 142 Å². The van der Waals surface area contributed by atoms with Crippen LogP contribution in [0.3, 0.4) is 0 Å². The number of amides is 1. The zero-order valence-corrected chi connectivity index (χ0v) is 13.9. The maximum atomic E-state index is 12.6. The van der Waals surface area contributed by atoms with Gasteiger partial charge in [0.1, 0.15) is 0 Å². The number of carbonyl (C=O) groups excluding carboxylic acids is 1. The first-order valence-corrected chi connectivity index (χ1v) is 8.92. The lowest BCUT2D eigenvalue weighted by atomic mass is 9.97. The lowest BCUT2D eigenvalue weighted by Crippen LogP contribution is -2.40. The minimum Gasteiger partial charge on any atom is -0.342 e. The van der Waals surface area contributed by atoms with Gasteiger partial charge in [0.25, 0.3) is 0 Å². The Balaban J connectivity index is 1.37. The van der Waals surface area contributed by atoms with Gasteiger partial charge < -0.3 is 9.42 Å². The molecule has 2 fully saturated rings. The Hall–Kier alpha value is -2.17. The fourth-order valence-corrected chi connectivity index (χ4v) is 3.38. The third-order valence-corrected chi connectivity index (χ3v) is 4.97. The average Bonchev–Trinajstić information content (AvgIpc) is 3.30. The Morgan fingerprint density at radius 1 is 1.21 bits per heavy atom. The second-order valence-corrected chi connectivity index (χ2v) is 7.04. The van der Waals surface area contributed by atoms with E-state index >= 15 is 0 Å². The van der Waals surface area contributed by atoms with Crippen LogP contribution in [0.25, 0.3) is 0 Å². The molecular weight excluding hydrogens is 302 g/mol. The number of carbonyl (C=O) groups is 1. The number of hydrogen-bond donors (Lipinski definition) is 0. The molecule has 0 N–H and O–H groups in total. The Bertz CT molecular complexity index is 694. The van der Waals surface area contributed by atoms with Crippen LogP contribution in [0.5, 0.6) is 0 Å². The van der Waals surface area contributed by atoms with Gasteiger partial charge in [0.15, 0.2) is 5.82 Å². The number of nitrogens with zero attached hydrogens (tertiary/aromatic N) is 3. The van der Waals surface area contributed by atoms with Crippen LogP contribution in [0.4, 0.5) is 0 Å². The van der Waals surface area contributed by atoms with E-state index in [1.165, 1.54) is 12.8 Å². The molecule has 0 bridgehead atoms. The van der Waals surface area contributed by atoms with Crippen molar-refractivity contribution in [3.05, 3.63) is 47.6 Å². The summed E-state index contributed by atoms with van der Waals surface area (Å²) in [6.07, 6.45) is 5.98. The summed E-state index contributed by atoms with van der Waals surface area (Å²) in [6.45, 7) is 1.52. The molecule has 4 rings (SSSR count). The highest BCUT2D eigenvalue weighted by Crippen LogP contribution is 2.32. The van der Waals surface area contributed by atoms with Gasteiger partial charge in [-0.25, -0.2) is 0 Å². The molecule has 2 heterocycles. The molecular formula is C19H23N3O2. The van der Waals surface area contributed by atoms with Crippen LogP contribution in [-0.4, -0.2) is 34.0 Å². The molecule has 1 saturated heterocycles. The molecule has 5 nitrogen and oxygen atoms in total. The van der Waals surface area contributed by atoms with E-state index in [0.717, 1.165) is 43.1 Å². The van der Waals surface area contributed by atoms with Crippen molar-refractivity contribution in [1.29, 1.82) is 0 Å². The van der Waals surface area contributed by atoms with Crippen LogP contribution >= 0.6 is 0 Å². The van der Waals surface area contributed by atoms with Gasteiger partial charge in [-0.2, -0.15) is 4.98 Å². The maximum absolute atomic E-state index is 12.6. The monoisotopic (exact) mass is 325 g/mol. The standard InChI is InChI=1S/C19H23N3O2/c23-18(12-14-5-2-1-3-6-14)22-10-4-7-16(13-22)19-20-17(21-24-19)11-15-8-9-15/h1-3,5-6,15-16H,4,7-13H2. The van der Waals surface area contributed by atoms with E-state index in [1.807, 2.05) is 35.2 Å². The number of hydrogen-bond acceptors (Lipinski definition) is 4. The van der Waals surface area contributed by atoms with Gasteiger partial charge in [0, 0.05) is 19.5 Å². The molecule has 2 aromatic rings. The number of rotatable bonds is 5. The minimum absolute atomic E-state index is 0.180. The molecule has 1 aromatic heterocycles. The summed E-state index contributed by atoms with van der Waals surface area (Å²) in [5, 5.41) is 4.12. The quantitative estimate of drug-likeness (QED) is 0.848. The summed E-state index contributed by atoms with van der Waals surface area (Å²) in [6, 6.07) is 9.92. The summed E-state index contributed by atoms with van der Waals surface area (Å²) in [5.41, 5.74) is 1.06. The van der Waals surface area contributed by atoms with Crippen molar-refractivity contribution in [3.63, 3.8) is 0 Å². The number of likely N-dealkylation sites (tertiary alicyclic amines) is 1. The maximum Gasteiger partial charge on any atom is 0.231 e. The first-order chi connectivity index (χ1) is 11.8. The summed E-state index contributed by atoms with van der Waals surface area (Å²) < 4.78 is 5.48. The lowest BCUT2D eigenvalue weighted by molar-refractivity contribution is -0.131. The van der Waals surface area contributed by atoms with Crippen LogP contribution in [-0.2, 0) is 17.6 Å². The van der Waals surface area contributed by atoms with E-state index in [0.29, 0.717) is 18.9 Å². The lowest BCUT2D eigenvalue weighted by Gasteiger charge is -2.31. The van der Waals surface area contributed by atoms with Crippen molar-refractivity contribution >= 4 is 5.91 Å². The van der Waals surface area contributed by atoms with Gasteiger partial charge in [0.2, 0.25) is 11.8 Å². The van der Waals surface area contributed by atoms with E-state index in [9.17, 15) is 4.79 Å². The third-order valence-electron chi connectivity index (χ3n) is 4.97. The highest BCUT2D eigenvalue weighted by atomic mass is 16.5. The molecule has 1 unspecified atom stereocenters. The van der Waals surface area contributed by atoms with E-state index in [4.69, 9.17) is 4.52 Å². The highest BCUT2D eigenvalue weighted by Gasteiger charge is 2.30. The molecule has 1 aliphatic heterocycles. The van der Waals surface area contributed by atoms with Crippen molar-refractivity contribution < 1.29 is 9.32 Å². The number of piperidine rings is 1. The van der Waals surface area contributed by atoms with Crippen molar-refractivity contribution in [3.8, 4) is 0 Å². The zero-order chi connectivity index (χ0) is 16.4. The highest BCUT2D eigenvalue weighted by molar-refractivity contribution is 5.78. The molecule has 1 aromatic carbocycles. The molecule has 24 heavy (non-hydrogen) atoms. The molecule has 126 valence electrons. The smallest absolute Gasteiger partial charge is 0.231 e. The van der Waals surface area contributed by atoms with E-state index in [-0.39, 0.29) is 11.8 Å². The molecule has 1 atom stereocenters. The minimum atomic E-state index is 0.180. The van der Waals surface area contributed by atoms with Crippen molar-refractivity contribution in [2.24, 2.45) is 5.92 Å². The van der Waals surface area contributed by atoms with E-state index in [1.54, 1.807) is 0 Å². The average molecular weight is 325 g/mol. The molecule has 1 saturated carbocycles. The third kappa shape index (κ3) is 3.66. The van der Waals surface area contributed by atoms with Crippen molar-refractivity contribution in [2.45, 2.75) is 44.4 Å². The van der Waals surface area contributed by atoms with Gasteiger partial charge >= 0.3 is 0 Å². The topological polar surface area (TPSA) is 59.2 Å². The second-order valence-electron chi connectivity index (χ2n) is 7.04. The van der Waals surface area contributed by atoms with Gasteiger partial charge in [-0.05, 0) is 37.2 Å². The van der Waals surface area contributed by atoms with Gasteiger partial charge in [0.05, 0.1) is 12.3 Å². The molecule has 0 spiro atoms. The van der Waals surface area contributed by atoms with Gasteiger partial charge in [-0.1, -0.05) is 35.5 Å². The van der Waals surface area contributed by atoms with Crippen LogP contribution in [0, 0.1) is 5.92 Å². The van der Waals surface area contributed by atoms with Gasteiger partial charge in [-0.15, -0.1) is 0 Å². The summed E-state index contributed by atoms with van der Waals surface area (Å²) >= 11 is 0. The van der Waals surface area contributed by atoms with Crippen molar-refractivity contribution in [2.75, 3.05) is 13.1 Å². The fraction of sp³-hybridized carbons (Fsp3) is 0.526. The van der Waals surface area contributed by atoms with E-state index in [2.05, 4.69) is 10.1 Å². The van der Waals surface area contributed by atoms with E-state index < -0.39 is 0 Å². The fourth-order valence-electron chi connectivity index (χ4n) is 3.38. The molecule has 1 amide bonds. The van der Waals surface area contributed by atoms with Crippen LogP contribution < -0.4 is 0 Å². The normalized spacial score (nSPS) is 21.0. The summed E-state index contributed by atoms with van der Waals surface area (Å²) in [7, 11) is 0. The number of benzene rings is 1. The largest absolute Gasteiger partial charge is 0.342 e. The molecule has 0 radical (unpaired) electrons. The summed E-state index contributed by atoms with van der Waals surface area (Å²) in [5.74, 6) is 2.66. The molecule has 1 aliphatic carbocycles. The zero-order valence-electron chi connectivity index (χ0n) is 13.9. The predicted octanol–water partition coefficient (Wildman–Crippen LogP) is 2.97. The second kappa shape index (κ2) is 6.75. The van der Waals surface area contributed by atoms with Crippen LogP contribution in [0.2, 0.25) is 0 Å². The first-order valence-electron chi connectivity index (χ1n) is 8.92.